The molecule has 0 spiro atoms. The third kappa shape index (κ3) is 4.80. The fraction of sp³-hybridized carbons (Fsp3) is 0.360. The second-order valence-corrected chi connectivity index (χ2v) is 8.42. The van der Waals surface area contributed by atoms with Crippen molar-refractivity contribution in [3.63, 3.8) is 0 Å². The highest BCUT2D eigenvalue weighted by Gasteiger charge is 2.26. The van der Waals surface area contributed by atoms with Gasteiger partial charge in [-0.2, -0.15) is 5.10 Å². The molecule has 0 bridgehead atoms. The summed E-state index contributed by atoms with van der Waals surface area (Å²) >= 11 is 0. The van der Waals surface area contributed by atoms with E-state index in [-0.39, 0.29) is 18.7 Å². The first-order valence-electron chi connectivity index (χ1n) is 11.3. The van der Waals surface area contributed by atoms with Gasteiger partial charge in [0.2, 0.25) is 6.79 Å². The van der Waals surface area contributed by atoms with Gasteiger partial charge in [0.15, 0.2) is 11.5 Å². The van der Waals surface area contributed by atoms with Crippen LogP contribution in [0.1, 0.15) is 36.2 Å². The molecule has 33 heavy (non-hydrogen) atoms. The topological polar surface area (TPSA) is 77.9 Å². The van der Waals surface area contributed by atoms with E-state index in [2.05, 4.69) is 22.2 Å². The number of para-hydroxylation sites is 1. The number of anilines is 1. The standard InChI is InChI=1S/C25H28N4O4/c1-18(16-31-21-5-3-2-4-6-21)28-13-10-20(11-14-28)29-24(9-12-26-29)27-25(30)19-7-8-22-23(15-19)33-17-32-22/h2-9,12,15,18,20H,10-11,13-14,16-17H2,1H3,(H,27,30)/t18-/m1/s1. The van der Waals surface area contributed by atoms with Crippen LogP contribution in [0, 0.1) is 0 Å². The lowest BCUT2D eigenvalue weighted by molar-refractivity contribution is 0.101. The van der Waals surface area contributed by atoms with Crippen LogP contribution >= 0.6 is 0 Å². The molecule has 0 unspecified atom stereocenters. The number of aromatic nitrogens is 2. The van der Waals surface area contributed by atoms with Crippen LogP contribution in [-0.4, -0.2) is 53.1 Å². The van der Waals surface area contributed by atoms with Gasteiger partial charge in [0.05, 0.1) is 12.2 Å². The summed E-state index contributed by atoms with van der Waals surface area (Å²) in [4.78, 5) is 15.3. The third-order valence-corrected chi connectivity index (χ3v) is 6.25. The van der Waals surface area contributed by atoms with Gasteiger partial charge in [0.1, 0.15) is 18.2 Å². The molecular weight excluding hydrogens is 420 g/mol. The Morgan fingerprint density at radius 2 is 1.91 bits per heavy atom. The maximum Gasteiger partial charge on any atom is 0.256 e. The van der Waals surface area contributed by atoms with Crippen LogP contribution in [0.2, 0.25) is 0 Å². The minimum atomic E-state index is -0.195. The quantitative estimate of drug-likeness (QED) is 0.589. The Hall–Kier alpha value is -3.52. The van der Waals surface area contributed by atoms with Gasteiger partial charge in [0.25, 0.3) is 5.91 Å². The number of nitrogens with zero attached hydrogens (tertiary/aromatic N) is 3. The predicted octanol–water partition coefficient (Wildman–Crippen LogP) is 3.97. The smallest absolute Gasteiger partial charge is 0.256 e. The minimum absolute atomic E-state index is 0.183. The highest BCUT2D eigenvalue weighted by atomic mass is 16.7. The predicted molar refractivity (Wildman–Crippen MR) is 124 cm³/mol. The van der Waals surface area contributed by atoms with Crippen molar-refractivity contribution in [1.82, 2.24) is 14.7 Å². The van der Waals surface area contributed by atoms with E-state index >= 15 is 0 Å². The number of nitrogens with one attached hydrogen (secondary N) is 1. The average molecular weight is 449 g/mol. The Labute approximate surface area is 193 Å². The van der Waals surface area contributed by atoms with Crippen molar-refractivity contribution < 1.29 is 19.0 Å². The molecule has 0 aliphatic carbocycles. The summed E-state index contributed by atoms with van der Waals surface area (Å²) in [6, 6.07) is 17.5. The summed E-state index contributed by atoms with van der Waals surface area (Å²) in [6.07, 6.45) is 3.66. The Morgan fingerprint density at radius 1 is 1.12 bits per heavy atom. The number of hydrogen-bond donors (Lipinski definition) is 1. The van der Waals surface area contributed by atoms with Crippen molar-refractivity contribution in [2.75, 3.05) is 31.8 Å². The maximum absolute atomic E-state index is 12.8. The number of likely N-dealkylation sites (tertiary alicyclic amines) is 1. The lowest BCUT2D eigenvalue weighted by Crippen LogP contribution is -2.43. The molecule has 1 saturated heterocycles. The number of hydrogen-bond acceptors (Lipinski definition) is 6. The van der Waals surface area contributed by atoms with Gasteiger partial charge in [0, 0.05) is 30.8 Å². The molecule has 1 fully saturated rings. The molecule has 8 heteroatoms. The molecule has 5 rings (SSSR count). The molecule has 172 valence electrons. The largest absolute Gasteiger partial charge is 0.492 e. The minimum Gasteiger partial charge on any atom is -0.492 e. The summed E-state index contributed by atoms with van der Waals surface area (Å²) in [7, 11) is 0. The number of fused-ring (bicyclic) bond motifs is 1. The Morgan fingerprint density at radius 3 is 2.73 bits per heavy atom. The molecule has 1 aromatic heterocycles. The summed E-state index contributed by atoms with van der Waals surface area (Å²) in [5.41, 5.74) is 0.522. The van der Waals surface area contributed by atoms with Crippen LogP contribution in [0.15, 0.2) is 60.8 Å². The molecule has 3 heterocycles. The number of benzene rings is 2. The van der Waals surface area contributed by atoms with E-state index < -0.39 is 0 Å². The number of amides is 1. The molecule has 1 N–H and O–H groups in total. The third-order valence-electron chi connectivity index (χ3n) is 6.25. The Kier molecular flexibility index (Phi) is 6.17. The van der Waals surface area contributed by atoms with Crippen LogP contribution in [0.4, 0.5) is 5.82 Å². The fourth-order valence-corrected chi connectivity index (χ4v) is 4.34. The van der Waals surface area contributed by atoms with Crippen molar-refractivity contribution in [2.45, 2.75) is 31.8 Å². The number of carbonyl (C=O) groups is 1. The van der Waals surface area contributed by atoms with E-state index in [9.17, 15) is 4.79 Å². The monoisotopic (exact) mass is 448 g/mol. The highest BCUT2D eigenvalue weighted by Crippen LogP contribution is 2.33. The van der Waals surface area contributed by atoms with Crippen molar-refractivity contribution in [3.8, 4) is 17.2 Å². The summed E-state index contributed by atoms with van der Waals surface area (Å²) < 4.78 is 18.6. The Balaban J connectivity index is 1.16. The molecule has 2 aliphatic heterocycles. The van der Waals surface area contributed by atoms with Gasteiger partial charge < -0.3 is 19.5 Å². The lowest BCUT2D eigenvalue weighted by atomic mass is 10.0. The number of ether oxygens (including phenoxy) is 3. The molecule has 3 aromatic rings. The van der Waals surface area contributed by atoms with Gasteiger partial charge in [-0.25, -0.2) is 4.68 Å². The van der Waals surface area contributed by atoms with Crippen LogP contribution in [0.3, 0.4) is 0 Å². The molecule has 2 aromatic carbocycles. The van der Waals surface area contributed by atoms with Crippen LogP contribution in [0.25, 0.3) is 0 Å². The SMILES string of the molecule is C[C@H](COc1ccccc1)N1CCC(n2nccc2NC(=O)c2ccc3c(c2)OCO3)CC1. The lowest BCUT2D eigenvalue weighted by Gasteiger charge is -2.36. The van der Waals surface area contributed by atoms with Crippen LogP contribution in [-0.2, 0) is 0 Å². The van der Waals surface area contributed by atoms with E-state index in [4.69, 9.17) is 14.2 Å². The first kappa shape index (κ1) is 21.3. The van der Waals surface area contributed by atoms with E-state index in [1.807, 2.05) is 41.1 Å². The van der Waals surface area contributed by atoms with E-state index in [1.165, 1.54) is 0 Å². The van der Waals surface area contributed by atoms with Crippen molar-refractivity contribution in [3.05, 3.63) is 66.4 Å². The van der Waals surface area contributed by atoms with E-state index in [1.54, 1.807) is 24.4 Å². The van der Waals surface area contributed by atoms with Crippen molar-refractivity contribution >= 4 is 11.7 Å². The van der Waals surface area contributed by atoms with Gasteiger partial charge >= 0.3 is 0 Å². The van der Waals surface area contributed by atoms with Gasteiger partial charge in [-0.15, -0.1) is 0 Å². The summed E-state index contributed by atoms with van der Waals surface area (Å²) in [5, 5.41) is 7.50. The highest BCUT2D eigenvalue weighted by molar-refractivity contribution is 6.04. The molecule has 1 amide bonds. The van der Waals surface area contributed by atoms with Crippen molar-refractivity contribution in [2.24, 2.45) is 0 Å². The molecule has 0 saturated carbocycles. The summed E-state index contributed by atoms with van der Waals surface area (Å²) in [5.74, 6) is 2.66. The maximum atomic E-state index is 12.8. The van der Waals surface area contributed by atoms with Crippen molar-refractivity contribution in [1.29, 1.82) is 0 Å². The normalized spacial score (nSPS) is 17.0. The molecule has 8 nitrogen and oxygen atoms in total. The fourth-order valence-electron chi connectivity index (χ4n) is 4.34. The first-order chi connectivity index (χ1) is 16.2. The zero-order valence-corrected chi connectivity index (χ0v) is 18.6. The molecular formula is C25H28N4O4. The van der Waals surface area contributed by atoms with Gasteiger partial charge in [-0.1, -0.05) is 18.2 Å². The number of rotatable bonds is 7. The number of piperidine rings is 1. The second-order valence-electron chi connectivity index (χ2n) is 8.42. The van der Waals surface area contributed by atoms with Gasteiger partial charge in [-0.05, 0) is 50.1 Å². The first-order valence-corrected chi connectivity index (χ1v) is 11.3. The van der Waals surface area contributed by atoms with Crippen LogP contribution < -0.4 is 19.5 Å². The Bertz CT molecular complexity index is 1090. The second kappa shape index (κ2) is 9.54. The van der Waals surface area contributed by atoms with E-state index in [0.29, 0.717) is 35.5 Å². The zero-order chi connectivity index (χ0) is 22.6. The van der Waals surface area contributed by atoms with Crippen LogP contribution in [0.5, 0.6) is 17.2 Å². The zero-order valence-electron chi connectivity index (χ0n) is 18.6. The number of carbonyl (C=O) groups excluding carboxylic acids is 1. The summed E-state index contributed by atoms with van der Waals surface area (Å²) in [6.45, 7) is 4.96. The van der Waals surface area contributed by atoms with Gasteiger partial charge in [-0.3, -0.25) is 9.69 Å². The average Bonchev–Trinajstić information content (AvgIpc) is 3.52. The van der Waals surface area contributed by atoms with E-state index in [0.717, 1.165) is 31.7 Å². The molecule has 0 radical (unpaired) electrons. The molecule has 1 atom stereocenters. The molecule has 2 aliphatic rings.